The van der Waals surface area contributed by atoms with Crippen LogP contribution in [0, 0.1) is 0 Å². The molecule has 1 fully saturated rings. The maximum absolute atomic E-state index is 11.4. The first-order valence-corrected chi connectivity index (χ1v) is 4.83. The van der Waals surface area contributed by atoms with Gasteiger partial charge in [0.25, 0.3) is 0 Å². The van der Waals surface area contributed by atoms with Crippen LogP contribution in [0.1, 0.15) is 19.8 Å². The quantitative estimate of drug-likeness (QED) is 0.192. The van der Waals surface area contributed by atoms with Crippen LogP contribution in [-0.2, 0) is 4.79 Å². The molecule has 0 aromatic carbocycles. The van der Waals surface area contributed by atoms with E-state index in [1.807, 2.05) is 6.92 Å². The fraction of sp³-hybridized carbons (Fsp3) is 0.750. The summed E-state index contributed by atoms with van der Waals surface area (Å²) in [6.07, 6.45) is 1.80. The van der Waals surface area contributed by atoms with Crippen molar-refractivity contribution in [2.24, 2.45) is 10.8 Å². The lowest BCUT2D eigenvalue weighted by Gasteiger charge is -2.23. The van der Waals surface area contributed by atoms with Gasteiger partial charge >= 0.3 is 0 Å². The molecule has 1 unspecified atom stereocenters. The molecule has 0 saturated carbocycles. The van der Waals surface area contributed by atoms with Crippen molar-refractivity contribution < 1.29 is 4.79 Å². The summed E-state index contributed by atoms with van der Waals surface area (Å²) < 4.78 is 0. The summed E-state index contributed by atoms with van der Waals surface area (Å²) in [5, 5.41) is 5.74. The third kappa shape index (κ3) is 2.88. The van der Waals surface area contributed by atoms with E-state index < -0.39 is 0 Å². The van der Waals surface area contributed by atoms with Gasteiger partial charge in [-0.2, -0.15) is 0 Å². The number of hydrogen-bond donors (Lipinski definition) is 4. The summed E-state index contributed by atoms with van der Waals surface area (Å²) in [7, 11) is 0. The Labute approximate surface area is 83.3 Å². The topological polar surface area (TPSA) is 91.5 Å². The second kappa shape index (κ2) is 5.43. The number of nitrogens with one attached hydrogen (secondary N) is 3. The van der Waals surface area contributed by atoms with Gasteiger partial charge in [-0.3, -0.25) is 15.2 Å². The molecule has 6 heteroatoms. The normalized spacial score (nSPS) is 22.9. The lowest BCUT2D eigenvalue weighted by atomic mass is 10.1. The van der Waals surface area contributed by atoms with Crippen LogP contribution in [0.2, 0.25) is 0 Å². The van der Waals surface area contributed by atoms with Gasteiger partial charge in [0.2, 0.25) is 11.9 Å². The average Bonchev–Trinajstić information content (AvgIpc) is 2.20. The van der Waals surface area contributed by atoms with Gasteiger partial charge in [-0.15, -0.1) is 0 Å². The Kier molecular flexibility index (Phi) is 4.18. The van der Waals surface area contributed by atoms with E-state index in [-0.39, 0.29) is 11.9 Å². The highest BCUT2D eigenvalue weighted by atomic mass is 16.2. The van der Waals surface area contributed by atoms with Crippen molar-refractivity contribution in [1.82, 2.24) is 16.1 Å². The van der Waals surface area contributed by atoms with Gasteiger partial charge in [0, 0.05) is 13.1 Å². The molecule has 0 spiro atoms. The van der Waals surface area contributed by atoms with Gasteiger partial charge in [0.15, 0.2) is 0 Å². The first-order chi connectivity index (χ1) is 6.77. The van der Waals surface area contributed by atoms with Crippen molar-refractivity contribution in [3.63, 3.8) is 0 Å². The summed E-state index contributed by atoms with van der Waals surface area (Å²) in [5.41, 5.74) is 2.43. The molecule has 0 radical (unpaired) electrons. The first kappa shape index (κ1) is 10.8. The molecule has 14 heavy (non-hydrogen) atoms. The fourth-order valence-electron chi connectivity index (χ4n) is 1.37. The highest BCUT2D eigenvalue weighted by Crippen LogP contribution is 2.02. The molecule has 6 nitrogen and oxygen atoms in total. The van der Waals surface area contributed by atoms with Crippen LogP contribution in [0.4, 0.5) is 0 Å². The van der Waals surface area contributed by atoms with E-state index >= 15 is 0 Å². The van der Waals surface area contributed by atoms with Crippen LogP contribution in [0.5, 0.6) is 0 Å². The summed E-state index contributed by atoms with van der Waals surface area (Å²) >= 11 is 0. The predicted molar refractivity (Wildman–Crippen MR) is 54.5 cm³/mol. The minimum atomic E-state index is -0.218. The van der Waals surface area contributed by atoms with Crippen molar-refractivity contribution in [3.8, 4) is 0 Å². The van der Waals surface area contributed by atoms with E-state index in [0.717, 1.165) is 19.4 Å². The molecule has 0 aromatic heterocycles. The SMILES string of the molecule is CCN=C(NN)NC1CCCNC1=O. The number of carbonyl (C=O) groups is 1. The Bertz CT molecular complexity index is 228. The zero-order chi connectivity index (χ0) is 10.4. The Morgan fingerprint density at radius 1 is 1.79 bits per heavy atom. The summed E-state index contributed by atoms with van der Waals surface area (Å²) in [6.45, 7) is 3.29. The standard InChI is InChI=1S/C8H17N5O/c1-2-10-8(13-9)12-6-4-3-5-11-7(6)14/h6H,2-5,9H2,1H3,(H,11,14)(H2,10,12,13). The molecule has 1 aliphatic rings. The second-order valence-corrected chi connectivity index (χ2v) is 3.10. The van der Waals surface area contributed by atoms with Crippen molar-refractivity contribution in [1.29, 1.82) is 0 Å². The van der Waals surface area contributed by atoms with Gasteiger partial charge in [-0.1, -0.05) is 0 Å². The first-order valence-electron chi connectivity index (χ1n) is 4.83. The van der Waals surface area contributed by atoms with E-state index in [9.17, 15) is 4.79 Å². The summed E-state index contributed by atoms with van der Waals surface area (Å²) in [6, 6.07) is -0.218. The fourth-order valence-corrected chi connectivity index (χ4v) is 1.37. The van der Waals surface area contributed by atoms with E-state index in [2.05, 4.69) is 21.1 Å². The Morgan fingerprint density at radius 2 is 2.57 bits per heavy atom. The molecule has 0 bridgehead atoms. The third-order valence-corrected chi connectivity index (χ3v) is 2.05. The van der Waals surface area contributed by atoms with E-state index in [1.54, 1.807) is 0 Å². The number of hydrazine groups is 1. The number of hydrogen-bond acceptors (Lipinski definition) is 3. The van der Waals surface area contributed by atoms with Crippen LogP contribution >= 0.6 is 0 Å². The molecule has 1 rings (SSSR count). The van der Waals surface area contributed by atoms with Crippen LogP contribution in [0.15, 0.2) is 4.99 Å². The number of rotatable bonds is 2. The molecule has 1 aliphatic heterocycles. The number of piperidine rings is 1. The minimum absolute atomic E-state index is 0.00954. The molecule has 0 aromatic rings. The van der Waals surface area contributed by atoms with Crippen LogP contribution < -0.4 is 21.9 Å². The van der Waals surface area contributed by atoms with E-state index in [0.29, 0.717) is 12.5 Å². The molecular weight excluding hydrogens is 182 g/mol. The van der Waals surface area contributed by atoms with Gasteiger partial charge < -0.3 is 10.6 Å². The number of nitrogens with two attached hydrogens (primary N) is 1. The predicted octanol–water partition coefficient (Wildman–Crippen LogP) is -1.31. The largest absolute Gasteiger partial charge is 0.354 e. The van der Waals surface area contributed by atoms with Crippen LogP contribution in [0.25, 0.3) is 0 Å². The highest BCUT2D eigenvalue weighted by Gasteiger charge is 2.22. The van der Waals surface area contributed by atoms with Crippen LogP contribution in [-0.4, -0.2) is 31.0 Å². The second-order valence-electron chi connectivity index (χ2n) is 3.10. The monoisotopic (exact) mass is 199 g/mol. The Morgan fingerprint density at radius 3 is 3.14 bits per heavy atom. The smallest absolute Gasteiger partial charge is 0.242 e. The zero-order valence-corrected chi connectivity index (χ0v) is 8.34. The number of nitrogens with zero attached hydrogens (tertiary/aromatic N) is 1. The van der Waals surface area contributed by atoms with Crippen molar-refractivity contribution in [2.75, 3.05) is 13.1 Å². The summed E-state index contributed by atoms with van der Waals surface area (Å²) in [4.78, 5) is 15.4. The molecule has 1 saturated heterocycles. The molecule has 1 heterocycles. The molecule has 1 amide bonds. The maximum Gasteiger partial charge on any atom is 0.242 e. The van der Waals surface area contributed by atoms with Gasteiger partial charge in [0.1, 0.15) is 6.04 Å². The highest BCUT2D eigenvalue weighted by molar-refractivity contribution is 5.89. The van der Waals surface area contributed by atoms with E-state index in [1.165, 1.54) is 0 Å². The van der Waals surface area contributed by atoms with Crippen molar-refractivity contribution in [3.05, 3.63) is 0 Å². The Hall–Kier alpha value is -1.30. The Balaban J connectivity index is 2.48. The summed E-state index contributed by atoms with van der Waals surface area (Å²) in [5.74, 6) is 5.72. The van der Waals surface area contributed by atoms with Gasteiger partial charge in [0.05, 0.1) is 0 Å². The van der Waals surface area contributed by atoms with E-state index in [4.69, 9.17) is 5.84 Å². The molecule has 5 N–H and O–H groups in total. The lowest BCUT2D eigenvalue weighted by molar-refractivity contribution is -0.124. The third-order valence-electron chi connectivity index (χ3n) is 2.05. The molecule has 80 valence electrons. The van der Waals surface area contributed by atoms with Gasteiger partial charge in [-0.25, -0.2) is 5.84 Å². The zero-order valence-electron chi connectivity index (χ0n) is 8.34. The molecule has 1 atom stereocenters. The molecular formula is C8H17N5O. The van der Waals surface area contributed by atoms with Crippen molar-refractivity contribution >= 4 is 11.9 Å². The van der Waals surface area contributed by atoms with Gasteiger partial charge in [-0.05, 0) is 19.8 Å². The minimum Gasteiger partial charge on any atom is -0.354 e. The number of amides is 1. The molecule has 0 aliphatic carbocycles. The average molecular weight is 199 g/mol. The van der Waals surface area contributed by atoms with Crippen LogP contribution in [0.3, 0.4) is 0 Å². The maximum atomic E-state index is 11.4. The number of aliphatic imine (C=N–C) groups is 1. The van der Waals surface area contributed by atoms with Crippen molar-refractivity contribution in [2.45, 2.75) is 25.8 Å². The number of guanidine groups is 1. The number of carbonyl (C=O) groups excluding carboxylic acids is 1. The lowest BCUT2D eigenvalue weighted by Crippen LogP contribution is -2.54.